The molecule has 114 valence electrons. The molecule has 22 heavy (non-hydrogen) atoms. The molecule has 0 fully saturated rings. The predicted molar refractivity (Wildman–Crippen MR) is 94.9 cm³/mol. The number of rotatable bonds is 3. The van der Waals surface area contributed by atoms with E-state index in [9.17, 15) is 9.59 Å². The lowest BCUT2D eigenvalue weighted by atomic mass is 10.2. The molecular formula is C16H16IN3O2. The van der Waals surface area contributed by atoms with Crippen molar-refractivity contribution >= 4 is 40.1 Å². The van der Waals surface area contributed by atoms with Gasteiger partial charge in [0.05, 0.1) is 0 Å². The number of benzene rings is 2. The summed E-state index contributed by atoms with van der Waals surface area (Å²) in [6.45, 7) is 0. The first-order valence-electron chi connectivity index (χ1n) is 6.61. The second-order valence-corrected chi connectivity index (χ2v) is 6.11. The summed E-state index contributed by atoms with van der Waals surface area (Å²) in [5, 5.41) is 0. The number of halogens is 1. The average Bonchev–Trinajstić information content (AvgIpc) is 2.53. The molecule has 0 heterocycles. The molecule has 0 atom stereocenters. The van der Waals surface area contributed by atoms with Gasteiger partial charge in [0, 0.05) is 34.5 Å². The summed E-state index contributed by atoms with van der Waals surface area (Å²) < 4.78 is 1.04. The third-order valence-electron chi connectivity index (χ3n) is 3.02. The molecule has 2 rings (SSSR count). The zero-order valence-corrected chi connectivity index (χ0v) is 14.4. The van der Waals surface area contributed by atoms with Crippen LogP contribution >= 0.6 is 22.6 Å². The van der Waals surface area contributed by atoms with Gasteiger partial charge in [-0.3, -0.25) is 20.4 Å². The first-order chi connectivity index (χ1) is 10.5. The van der Waals surface area contributed by atoms with E-state index in [1.807, 2.05) is 37.2 Å². The van der Waals surface area contributed by atoms with E-state index < -0.39 is 0 Å². The number of nitrogens with zero attached hydrogens (tertiary/aromatic N) is 1. The van der Waals surface area contributed by atoms with E-state index in [-0.39, 0.29) is 11.8 Å². The van der Waals surface area contributed by atoms with Gasteiger partial charge in [-0.05, 0) is 65.1 Å². The Kier molecular flexibility index (Phi) is 5.37. The first-order valence-corrected chi connectivity index (χ1v) is 7.69. The number of anilines is 1. The fraction of sp³-hybridized carbons (Fsp3) is 0.125. The van der Waals surface area contributed by atoms with Gasteiger partial charge in [0.15, 0.2) is 0 Å². The molecule has 2 amide bonds. The maximum Gasteiger partial charge on any atom is 0.269 e. The molecule has 0 radical (unpaired) electrons. The molecule has 5 nitrogen and oxygen atoms in total. The zero-order chi connectivity index (χ0) is 16.1. The highest BCUT2D eigenvalue weighted by Gasteiger charge is 2.09. The second kappa shape index (κ2) is 7.26. The maximum atomic E-state index is 12.1. The van der Waals surface area contributed by atoms with Crippen LogP contribution in [0, 0.1) is 3.57 Å². The molecule has 6 heteroatoms. The number of nitrogens with one attached hydrogen (secondary N) is 2. The highest BCUT2D eigenvalue weighted by atomic mass is 127. The van der Waals surface area contributed by atoms with E-state index in [1.165, 1.54) is 0 Å². The van der Waals surface area contributed by atoms with E-state index in [1.54, 1.807) is 30.3 Å². The number of carbonyl (C=O) groups excluding carboxylic acids is 2. The first kappa shape index (κ1) is 16.3. The zero-order valence-electron chi connectivity index (χ0n) is 12.3. The van der Waals surface area contributed by atoms with Crippen molar-refractivity contribution in [2.75, 3.05) is 19.0 Å². The summed E-state index contributed by atoms with van der Waals surface area (Å²) in [5.41, 5.74) is 6.71. The summed E-state index contributed by atoms with van der Waals surface area (Å²) in [6.07, 6.45) is 0. The van der Waals surface area contributed by atoms with Gasteiger partial charge >= 0.3 is 0 Å². The van der Waals surface area contributed by atoms with Crippen LogP contribution in [0.2, 0.25) is 0 Å². The average molecular weight is 409 g/mol. The molecular weight excluding hydrogens is 393 g/mol. The van der Waals surface area contributed by atoms with Gasteiger partial charge in [0.25, 0.3) is 11.8 Å². The predicted octanol–water partition coefficient (Wildman–Crippen LogP) is 2.43. The van der Waals surface area contributed by atoms with Crippen molar-refractivity contribution in [3.05, 3.63) is 63.2 Å². The highest BCUT2D eigenvalue weighted by molar-refractivity contribution is 14.1. The van der Waals surface area contributed by atoms with Crippen LogP contribution < -0.4 is 15.8 Å². The Balaban J connectivity index is 1.99. The van der Waals surface area contributed by atoms with Crippen LogP contribution in [-0.4, -0.2) is 25.9 Å². The van der Waals surface area contributed by atoms with E-state index in [0.717, 1.165) is 9.26 Å². The Morgan fingerprint density at radius 2 is 1.50 bits per heavy atom. The van der Waals surface area contributed by atoms with Gasteiger partial charge in [-0.2, -0.15) is 0 Å². The van der Waals surface area contributed by atoms with E-state index in [2.05, 4.69) is 33.4 Å². The standard InChI is InChI=1S/C16H16IN3O2/c1-20(2)14-5-3-4-12(10-14)16(22)19-18-15(21)11-6-8-13(17)9-7-11/h3-10H,1-2H3,(H,18,21)(H,19,22). The van der Waals surface area contributed by atoms with E-state index in [4.69, 9.17) is 0 Å². The SMILES string of the molecule is CN(C)c1cccc(C(=O)NNC(=O)c2ccc(I)cc2)c1. The molecule has 0 aliphatic rings. The number of amides is 2. The van der Waals surface area contributed by atoms with Gasteiger partial charge in [0.1, 0.15) is 0 Å². The molecule has 0 saturated heterocycles. The summed E-state index contributed by atoms with van der Waals surface area (Å²) in [7, 11) is 3.80. The topological polar surface area (TPSA) is 61.4 Å². The van der Waals surface area contributed by atoms with Crippen LogP contribution in [0.4, 0.5) is 5.69 Å². The molecule has 0 unspecified atom stereocenters. The largest absolute Gasteiger partial charge is 0.378 e. The number of hydrogen-bond acceptors (Lipinski definition) is 3. The van der Waals surface area contributed by atoms with Crippen LogP contribution in [0.5, 0.6) is 0 Å². The van der Waals surface area contributed by atoms with Gasteiger partial charge in [-0.1, -0.05) is 6.07 Å². The number of hydrogen-bond donors (Lipinski definition) is 2. The Bertz CT molecular complexity index is 684. The molecule has 2 aromatic carbocycles. The third-order valence-corrected chi connectivity index (χ3v) is 3.74. The van der Waals surface area contributed by atoms with E-state index in [0.29, 0.717) is 11.1 Å². The molecule has 0 bridgehead atoms. The minimum atomic E-state index is -0.359. The molecule has 0 aromatic heterocycles. The molecule has 0 aliphatic heterocycles. The molecule has 2 aromatic rings. The maximum absolute atomic E-state index is 12.1. The van der Waals surface area contributed by atoms with Crippen molar-refractivity contribution in [3.8, 4) is 0 Å². The van der Waals surface area contributed by atoms with Gasteiger partial charge in [-0.25, -0.2) is 0 Å². The van der Waals surface area contributed by atoms with Crippen LogP contribution in [0.3, 0.4) is 0 Å². The summed E-state index contributed by atoms with van der Waals surface area (Å²) in [6, 6.07) is 14.2. The van der Waals surface area contributed by atoms with Crippen LogP contribution in [-0.2, 0) is 0 Å². The highest BCUT2D eigenvalue weighted by Crippen LogP contribution is 2.13. The van der Waals surface area contributed by atoms with E-state index >= 15 is 0 Å². The van der Waals surface area contributed by atoms with Crippen molar-refractivity contribution in [3.63, 3.8) is 0 Å². The van der Waals surface area contributed by atoms with Gasteiger partial charge < -0.3 is 4.90 Å². The summed E-state index contributed by atoms with van der Waals surface area (Å²) in [5.74, 6) is -0.712. The second-order valence-electron chi connectivity index (χ2n) is 4.86. The van der Waals surface area contributed by atoms with Crippen molar-refractivity contribution in [2.45, 2.75) is 0 Å². The van der Waals surface area contributed by atoms with Crippen molar-refractivity contribution < 1.29 is 9.59 Å². The van der Waals surface area contributed by atoms with Crippen molar-refractivity contribution in [1.29, 1.82) is 0 Å². The molecule has 0 saturated carbocycles. The Labute approximate surface area is 142 Å². The summed E-state index contributed by atoms with van der Waals surface area (Å²) in [4.78, 5) is 25.9. The lowest BCUT2D eigenvalue weighted by molar-refractivity contribution is 0.0846. The van der Waals surface area contributed by atoms with Crippen LogP contribution in [0.25, 0.3) is 0 Å². The fourth-order valence-electron chi connectivity index (χ4n) is 1.78. The smallest absolute Gasteiger partial charge is 0.269 e. The molecule has 0 spiro atoms. The Hall–Kier alpha value is -2.09. The lowest BCUT2D eigenvalue weighted by Crippen LogP contribution is -2.41. The van der Waals surface area contributed by atoms with Gasteiger partial charge in [-0.15, -0.1) is 0 Å². The normalized spacial score (nSPS) is 9.95. The lowest BCUT2D eigenvalue weighted by Gasteiger charge is -2.13. The summed E-state index contributed by atoms with van der Waals surface area (Å²) >= 11 is 2.16. The Morgan fingerprint density at radius 3 is 2.09 bits per heavy atom. The van der Waals surface area contributed by atoms with Crippen molar-refractivity contribution in [1.82, 2.24) is 10.9 Å². The number of hydrazine groups is 1. The van der Waals surface area contributed by atoms with Gasteiger partial charge in [0.2, 0.25) is 0 Å². The quantitative estimate of drug-likeness (QED) is 0.605. The minimum absolute atomic E-state index is 0.353. The van der Waals surface area contributed by atoms with Crippen LogP contribution in [0.15, 0.2) is 48.5 Å². The van der Waals surface area contributed by atoms with Crippen molar-refractivity contribution in [2.24, 2.45) is 0 Å². The minimum Gasteiger partial charge on any atom is -0.378 e. The molecule has 0 aliphatic carbocycles. The van der Waals surface area contributed by atoms with Crippen LogP contribution in [0.1, 0.15) is 20.7 Å². The Morgan fingerprint density at radius 1 is 0.909 bits per heavy atom. The molecule has 2 N–H and O–H groups in total. The monoisotopic (exact) mass is 409 g/mol. The third kappa shape index (κ3) is 4.20. The fourth-order valence-corrected chi connectivity index (χ4v) is 2.14. The number of carbonyl (C=O) groups is 2.